The molecule has 1 aromatic heterocycles. The normalized spacial score (nSPS) is 12.6. The molecule has 21 heavy (non-hydrogen) atoms. The summed E-state index contributed by atoms with van der Waals surface area (Å²) in [7, 11) is 0. The highest BCUT2D eigenvalue weighted by atomic mass is 16.5. The number of hydrogen-bond donors (Lipinski definition) is 1. The number of aryl methyl sites for hydroxylation is 1. The summed E-state index contributed by atoms with van der Waals surface area (Å²) in [5.74, 6) is 0.971. The van der Waals surface area contributed by atoms with Crippen LogP contribution in [0.1, 0.15) is 44.9 Å². The smallest absolute Gasteiger partial charge is 0.124 e. The minimum absolute atomic E-state index is 0.192. The Morgan fingerprint density at radius 3 is 2.57 bits per heavy atom. The number of hydrogen-bond acceptors (Lipinski definition) is 2. The van der Waals surface area contributed by atoms with E-state index >= 15 is 0 Å². The number of rotatable bonds is 7. The van der Waals surface area contributed by atoms with Crippen LogP contribution in [0.25, 0.3) is 0 Å². The fourth-order valence-electron chi connectivity index (χ4n) is 2.37. The Morgan fingerprint density at radius 1 is 1.14 bits per heavy atom. The molecule has 0 saturated heterocycles. The third-order valence-corrected chi connectivity index (χ3v) is 3.54. The van der Waals surface area contributed by atoms with Crippen LogP contribution in [0.4, 0.5) is 0 Å². The van der Waals surface area contributed by atoms with Crippen molar-refractivity contribution in [2.75, 3.05) is 0 Å². The molecular weight excluding hydrogens is 260 g/mol. The van der Waals surface area contributed by atoms with Crippen LogP contribution in [-0.4, -0.2) is 10.7 Å². The summed E-state index contributed by atoms with van der Waals surface area (Å²) in [5, 5.41) is 3.57. The van der Waals surface area contributed by atoms with Crippen LogP contribution in [0.2, 0.25) is 0 Å². The van der Waals surface area contributed by atoms with E-state index in [2.05, 4.69) is 68.2 Å². The molecule has 0 amide bonds. The van der Waals surface area contributed by atoms with E-state index in [9.17, 15) is 0 Å². The molecule has 0 fully saturated rings. The third-order valence-electron chi connectivity index (χ3n) is 3.54. The summed E-state index contributed by atoms with van der Waals surface area (Å²) in [6, 6.07) is 10.7. The van der Waals surface area contributed by atoms with E-state index in [1.807, 2.05) is 12.1 Å². The predicted molar refractivity (Wildman–Crippen MR) is 87.6 cm³/mol. The van der Waals surface area contributed by atoms with Crippen LogP contribution in [-0.2, 0) is 13.1 Å². The lowest BCUT2D eigenvalue weighted by atomic mass is 10.1. The third kappa shape index (κ3) is 4.36. The van der Waals surface area contributed by atoms with Gasteiger partial charge in [-0.05, 0) is 45.4 Å². The van der Waals surface area contributed by atoms with Gasteiger partial charge in [0.15, 0.2) is 0 Å². The summed E-state index contributed by atoms with van der Waals surface area (Å²) >= 11 is 0. The lowest BCUT2D eigenvalue weighted by Crippen LogP contribution is -2.19. The standard InChI is InChI=1S/C18H26N2O/c1-5-20-11-10-16(13-20)12-19-15(4)17-8-6-7-9-18(17)21-14(2)3/h6-11,13-15,19H,5,12H2,1-4H3. The highest BCUT2D eigenvalue weighted by Crippen LogP contribution is 2.26. The molecule has 0 radical (unpaired) electrons. The topological polar surface area (TPSA) is 26.2 Å². The van der Waals surface area contributed by atoms with Crippen LogP contribution in [0.5, 0.6) is 5.75 Å². The Morgan fingerprint density at radius 2 is 1.90 bits per heavy atom. The SMILES string of the molecule is CCn1ccc(CNC(C)c2ccccc2OC(C)C)c1. The van der Waals surface area contributed by atoms with E-state index in [4.69, 9.17) is 4.74 Å². The highest BCUT2D eigenvalue weighted by molar-refractivity contribution is 5.35. The Kier molecular flexibility index (Phi) is 5.45. The van der Waals surface area contributed by atoms with Gasteiger partial charge in [0.2, 0.25) is 0 Å². The summed E-state index contributed by atoms with van der Waals surface area (Å²) in [4.78, 5) is 0. The van der Waals surface area contributed by atoms with Gasteiger partial charge in [-0.2, -0.15) is 0 Å². The highest BCUT2D eigenvalue weighted by Gasteiger charge is 2.12. The van der Waals surface area contributed by atoms with Gasteiger partial charge in [-0.25, -0.2) is 0 Å². The van der Waals surface area contributed by atoms with Gasteiger partial charge in [-0.1, -0.05) is 18.2 Å². The number of ether oxygens (including phenoxy) is 1. The second kappa shape index (κ2) is 7.32. The zero-order valence-corrected chi connectivity index (χ0v) is 13.5. The summed E-state index contributed by atoms with van der Waals surface area (Å²) < 4.78 is 8.09. The molecule has 0 aliphatic carbocycles. The fraction of sp³-hybridized carbons (Fsp3) is 0.444. The largest absolute Gasteiger partial charge is 0.491 e. The number of nitrogens with zero attached hydrogens (tertiary/aromatic N) is 1. The van der Waals surface area contributed by atoms with E-state index in [0.29, 0.717) is 0 Å². The quantitative estimate of drug-likeness (QED) is 0.827. The molecule has 0 bridgehead atoms. The molecule has 1 N–H and O–H groups in total. The maximum Gasteiger partial charge on any atom is 0.124 e. The van der Waals surface area contributed by atoms with Crippen LogP contribution in [0.3, 0.4) is 0 Å². The van der Waals surface area contributed by atoms with E-state index in [1.165, 1.54) is 11.1 Å². The number of nitrogens with one attached hydrogen (secondary N) is 1. The number of para-hydroxylation sites is 1. The Labute approximate surface area is 127 Å². The number of aromatic nitrogens is 1. The van der Waals surface area contributed by atoms with E-state index < -0.39 is 0 Å². The van der Waals surface area contributed by atoms with Crippen molar-refractivity contribution in [3.63, 3.8) is 0 Å². The van der Waals surface area contributed by atoms with Crippen molar-refractivity contribution < 1.29 is 4.74 Å². The fourth-order valence-corrected chi connectivity index (χ4v) is 2.37. The van der Waals surface area contributed by atoms with Crippen molar-refractivity contribution >= 4 is 0 Å². The van der Waals surface area contributed by atoms with Gasteiger partial charge in [0.05, 0.1) is 6.10 Å². The van der Waals surface area contributed by atoms with Crippen LogP contribution >= 0.6 is 0 Å². The molecule has 114 valence electrons. The molecule has 0 aliphatic rings. The first-order chi connectivity index (χ1) is 10.1. The van der Waals surface area contributed by atoms with E-state index in [0.717, 1.165) is 18.8 Å². The predicted octanol–water partition coefficient (Wildman–Crippen LogP) is 4.15. The molecule has 2 rings (SSSR count). The Hall–Kier alpha value is -1.74. The lowest BCUT2D eigenvalue weighted by molar-refractivity contribution is 0.238. The maximum absolute atomic E-state index is 5.90. The van der Waals surface area contributed by atoms with Gasteiger partial charge in [0.25, 0.3) is 0 Å². The zero-order valence-electron chi connectivity index (χ0n) is 13.5. The molecule has 1 heterocycles. The molecule has 0 saturated carbocycles. The molecule has 0 aliphatic heterocycles. The number of benzene rings is 1. The molecular formula is C18H26N2O. The average Bonchev–Trinajstić information content (AvgIpc) is 2.93. The van der Waals surface area contributed by atoms with Gasteiger partial charge in [0, 0.05) is 37.1 Å². The van der Waals surface area contributed by atoms with Gasteiger partial charge < -0.3 is 14.6 Å². The minimum atomic E-state index is 0.192. The molecule has 3 heteroatoms. The molecule has 1 aromatic carbocycles. The van der Waals surface area contributed by atoms with Crippen molar-refractivity contribution in [1.82, 2.24) is 9.88 Å². The summed E-state index contributed by atoms with van der Waals surface area (Å²) in [6.07, 6.45) is 4.50. The average molecular weight is 286 g/mol. The first kappa shape index (κ1) is 15.6. The first-order valence-corrected chi connectivity index (χ1v) is 7.73. The molecule has 3 nitrogen and oxygen atoms in total. The maximum atomic E-state index is 5.90. The van der Waals surface area contributed by atoms with Gasteiger partial charge in [-0.3, -0.25) is 0 Å². The Balaban J connectivity index is 2.01. The molecule has 0 spiro atoms. The van der Waals surface area contributed by atoms with Crippen molar-refractivity contribution in [2.24, 2.45) is 0 Å². The first-order valence-electron chi connectivity index (χ1n) is 7.73. The van der Waals surface area contributed by atoms with E-state index in [1.54, 1.807) is 0 Å². The van der Waals surface area contributed by atoms with Crippen molar-refractivity contribution in [1.29, 1.82) is 0 Å². The van der Waals surface area contributed by atoms with Gasteiger partial charge in [-0.15, -0.1) is 0 Å². The van der Waals surface area contributed by atoms with E-state index in [-0.39, 0.29) is 12.1 Å². The monoisotopic (exact) mass is 286 g/mol. The molecule has 1 atom stereocenters. The second-order valence-corrected chi connectivity index (χ2v) is 5.66. The Bertz CT molecular complexity index is 560. The van der Waals surface area contributed by atoms with Gasteiger partial charge in [0.1, 0.15) is 5.75 Å². The lowest BCUT2D eigenvalue weighted by Gasteiger charge is -2.19. The zero-order chi connectivity index (χ0) is 15.2. The molecule has 1 unspecified atom stereocenters. The summed E-state index contributed by atoms with van der Waals surface area (Å²) in [5.41, 5.74) is 2.52. The van der Waals surface area contributed by atoms with Crippen LogP contribution in [0, 0.1) is 0 Å². The van der Waals surface area contributed by atoms with Crippen LogP contribution in [0.15, 0.2) is 42.7 Å². The van der Waals surface area contributed by atoms with Gasteiger partial charge >= 0.3 is 0 Å². The van der Waals surface area contributed by atoms with Crippen LogP contribution < -0.4 is 10.1 Å². The van der Waals surface area contributed by atoms with Crippen molar-refractivity contribution in [2.45, 2.75) is 52.9 Å². The molecule has 2 aromatic rings. The summed E-state index contributed by atoms with van der Waals surface area (Å²) in [6.45, 7) is 10.3. The van der Waals surface area contributed by atoms with Crippen molar-refractivity contribution in [3.8, 4) is 5.75 Å². The minimum Gasteiger partial charge on any atom is -0.491 e. The second-order valence-electron chi connectivity index (χ2n) is 5.66. The van der Waals surface area contributed by atoms with Crippen molar-refractivity contribution in [3.05, 3.63) is 53.9 Å².